The van der Waals surface area contributed by atoms with Crippen molar-refractivity contribution in [3.05, 3.63) is 12.2 Å². The van der Waals surface area contributed by atoms with E-state index in [-0.39, 0.29) is 32.1 Å². The van der Waals surface area contributed by atoms with Crippen LogP contribution in [0.2, 0.25) is 0 Å². The molecule has 2 unspecified atom stereocenters. The number of phosphoric ester groups is 1. The van der Waals surface area contributed by atoms with Gasteiger partial charge in [0.05, 0.1) is 13.2 Å². The molecule has 0 aliphatic heterocycles. The molecule has 0 aliphatic carbocycles. The van der Waals surface area contributed by atoms with Crippen molar-refractivity contribution in [2.24, 2.45) is 0 Å². The highest BCUT2D eigenvalue weighted by Gasteiger charge is 2.23. The molecule has 0 aliphatic rings. The average molecular weight is 592 g/mol. The lowest BCUT2D eigenvalue weighted by Gasteiger charge is -2.15. The molecule has 0 saturated carbocycles. The Kier molecular flexibility index (Phi) is 27.0. The predicted molar refractivity (Wildman–Crippen MR) is 160 cm³/mol. The van der Waals surface area contributed by atoms with Crippen LogP contribution in [0.5, 0.6) is 0 Å². The molecular weight excluding hydrogens is 533 g/mol. The third-order valence-corrected chi connectivity index (χ3v) is 7.43. The van der Waals surface area contributed by atoms with E-state index in [2.05, 4.69) is 31.3 Å². The van der Waals surface area contributed by atoms with Crippen molar-refractivity contribution >= 4 is 19.7 Å². The Labute approximate surface area is 243 Å². The molecule has 0 rings (SSSR count). The number of amides is 1. The maximum atomic E-state index is 11.9. The summed E-state index contributed by atoms with van der Waals surface area (Å²) in [5.41, 5.74) is 0. The van der Waals surface area contributed by atoms with Crippen LogP contribution in [0.3, 0.4) is 0 Å². The largest absolute Gasteiger partial charge is 0.472 e. The first-order chi connectivity index (χ1) is 19.3. The first-order valence-electron chi connectivity index (χ1n) is 15.7. The molecule has 236 valence electrons. The summed E-state index contributed by atoms with van der Waals surface area (Å²) < 4.78 is 26.4. The number of esters is 1. The zero-order valence-electron chi connectivity index (χ0n) is 25.3. The summed E-state index contributed by atoms with van der Waals surface area (Å²) in [7, 11) is -4.39. The number of aliphatic hydroxyl groups is 1. The van der Waals surface area contributed by atoms with E-state index in [9.17, 15) is 24.2 Å². The Morgan fingerprint density at radius 3 is 1.90 bits per heavy atom. The quantitative estimate of drug-likeness (QED) is 0.0362. The highest BCUT2D eigenvalue weighted by atomic mass is 31.2. The molecule has 40 heavy (non-hydrogen) atoms. The van der Waals surface area contributed by atoms with Gasteiger partial charge < -0.3 is 20.1 Å². The van der Waals surface area contributed by atoms with E-state index >= 15 is 0 Å². The van der Waals surface area contributed by atoms with E-state index in [1.807, 2.05) is 0 Å². The molecule has 0 spiro atoms. The molecule has 0 bridgehead atoms. The van der Waals surface area contributed by atoms with Crippen molar-refractivity contribution in [2.75, 3.05) is 26.4 Å². The van der Waals surface area contributed by atoms with Crippen molar-refractivity contribution in [3.63, 3.8) is 0 Å². The fourth-order valence-corrected chi connectivity index (χ4v) is 4.78. The standard InChI is InChI=1S/C30H58NO8P/c1-3-5-7-9-10-11-12-13-14-15-16-17-18-19-20-22-29(33)31-24-25-38-40(35,36)39-27-28(32)26-37-30(34)23-21-8-6-4-2/h13-14,28,32H,3-12,15-27H2,1-2H3,(H,31,33)(H,35,36)/b14-13-. The minimum absolute atomic E-state index is 0.0794. The molecule has 3 N–H and O–H groups in total. The zero-order valence-corrected chi connectivity index (χ0v) is 26.2. The van der Waals surface area contributed by atoms with Gasteiger partial charge >= 0.3 is 13.8 Å². The number of hydrogen-bond donors (Lipinski definition) is 3. The zero-order chi connectivity index (χ0) is 29.7. The van der Waals surface area contributed by atoms with Crippen LogP contribution < -0.4 is 5.32 Å². The van der Waals surface area contributed by atoms with E-state index in [1.54, 1.807) is 0 Å². The Morgan fingerprint density at radius 1 is 0.750 bits per heavy atom. The van der Waals surface area contributed by atoms with Crippen LogP contribution in [-0.4, -0.2) is 54.3 Å². The monoisotopic (exact) mass is 591 g/mol. The second kappa shape index (κ2) is 27.9. The number of rotatable bonds is 29. The van der Waals surface area contributed by atoms with E-state index in [4.69, 9.17) is 13.8 Å². The predicted octanol–water partition coefficient (Wildman–Crippen LogP) is 7.15. The average Bonchev–Trinajstić information content (AvgIpc) is 2.93. The number of allylic oxidation sites excluding steroid dienone is 2. The number of carbonyl (C=O) groups excluding carboxylic acids is 2. The minimum atomic E-state index is -4.39. The summed E-state index contributed by atoms with van der Waals surface area (Å²) in [6.45, 7) is 3.37. The highest BCUT2D eigenvalue weighted by Crippen LogP contribution is 2.42. The van der Waals surface area contributed by atoms with Gasteiger partial charge in [-0.15, -0.1) is 0 Å². The van der Waals surface area contributed by atoms with Gasteiger partial charge in [0, 0.05) is 19.4 Å². The first-order valence-corrected chi connectivity index (χ1v) is 17.2. The molecule has 2 atom stereocenters. The van der Waals surface area contributed by atoms with Crippen LogP contribution >= 0.6 is 7.82 Å². The highest BCUT2D eigenvalue weighted by molar-refractivity contribution is 7.47. The van der Waals surface area contributed by atoms with Gasteiger partial charge in [0.2, 0.25) is 5.91 Å². The Bertz CT molecular complexity index is 689. The molecule has 10 heteroatoms. The van der Waals surface area contributed by atoms with Crippen LogP contribution in [0.15, 0.2) is 12.2 Å². The van der Waals surface area contributed by atoms with E-state index in [1.165, 1.54) is 57.8 Å². The Morgan fingerprint density at radius 2 is 1.27 bits per heavy atom. The van der Waals surface area contributed by atoms with Crippen LogP contribution in [0.25, 0.3) is 0 Å². The molecule has 0 heterocycles. The lowest BCUT2D eigenvalue weighted by molar-refractivity contribution is -0.147. The van der Waals surface area contributed by atoms with E-state index < -0.39 is 26.5 Å². The fourth-order valence-electron chi connectivity index (χ4n) is 4.02. The summed E-state index contributed by atoms with van der Waals surface area (Å²) in [5.74, 6) is -0.544. The van der Waals surface area contributed by atoms with Crippen LogP contribution in [0.4, 0.5) is 0 Å². The van der Waals surface area contributed by atoms with Gasteiger partial charge in [-0.2, -0.15) is 0 Å². The maximum Gasteiger partial charge on any atom is 0.472 e. The summed E-state index contributed by atoms with van der Waals surface area (Å²) in [4.78, 5) is 33.2. The number of unbranched alkanes of at least 4 members (excludes halogenated alkanes) is 14. The molecule has 0 radical (unpaired) electrons. The van der Waals surface area contributed by atoms with E-state index in [0.29, 0.717) is 6.42 Å². The van der Waals surface area contributed by atoms with Crippen LogP contribution in [0, 0.1) is 0 Å². The van der Waals surface area contributed by atoms with Crippen molar-refractivity contribution < 1.29 is 37.9 Å². The lowest BCUT2D eigenvalue weighted by Crippen LogP contribution is -2.27. The van der Waals surface area contributed by atoms with Gasteiger partial charge in [0.1, 0.15) is 12.7 Å². The van der Waals surface area contributed by atoms with Gasteiger partial charge in [0.15, 0.2) is 0 Å². The van der Waals surface area contributed by atoms with Crippen molar-refractivity contribution in [3.8, 4) is 0 Å². The lowest BCUT2D eigenvalue weighted by atomic mass is 10.1. The number of ether oxygens (including phenoxy) is 1. The molecule has 0 aromatic carbocycles. The minimum Gasteiger partial charge on any atom is -0.463 e. The summed E-state index contributed by atoms with van der Waals surface area (Å²) >= 11 is 0. The number of aliphatic hydroxyl groups excluding tert-OH is 1. The Balaban J connectivity index is 3.62. The Hall–Kier alpha value is -1.25. The molecule has 0 aromatic rings. The number of hydrogen-bond acceptors (Lipinski definition) is 7. The summed E-state index contributed by atoms with van der Waals surface area (Å²) in [5, 5.41) is 12.5. The van der Waals surface area contributed by atoms with Gasteiger partial charge in [0.25, 0.3) is 0 Å². The number of carbonyl (C=O) groups is 2. The summed E-state index contributed by atoms with van der Waals surface area (Å²) in [6, 6.07) is 0. The van der Waals surface area contributed by atoms with Crippen molar-refractivity contribution in [1.29, 1.82) is 0 Å². The van der Waals surface area contributed by atoms with Gasteiger partial charge in [-0.1, -0.05) is 96.6 Å². The second-order valence-electron chi connectivity index (χ2n) is 10.4. The second-order valence-corrected chi connectivity index (χ2v) is 11.9. The number of phosphoric acid groups is 1. The summed E-state index contributed by atoms with van der Waals surface area (Å²) in [6.07, 6.45) is 23.5. The first kappa shape index (κ1) is 38.8. The number of nitrogens with one attached hydrogen (secondary N) is 1. The van der Waals surface area contributed by atoms with Crippen LogP contribution in [0.1, 0.15) is 136 Å². The van der Waals surface area contributed by atoms with Crippen molar-refractivity contribution in [2.45, 2.75) is 142 Å². The normalized spacial score (nSPS) is 13.8. The van der Waals surface area contributed by atoms with Crippen molar-refractivity contribution in [1.82, 2.24) is 5.32 Å². The maximum absolute atomic E-state index is 11.9. The molecule has 0 saturated heterocycles. The van der Waals surface area contributed by atoms with Gasteiger partial charge in [-0.25, -0.2) is 4.57 Å². The molecule has 9 nitrogen and oxygen atoms in total. The van der Waals surface area contributed by atoms with E-state index in [0.717, 1.165) is 51.4 Å². The molecular formula is C30H58NO8P. The molecule has 1 amide bonds. The topological polar surface area (TPSA) is 131 Å². The smallest absolute Gasteiger partial charge is 0.463 e. The molecule has 0 fully saturated rings. The SMILES string of the molecule is CCCCCCCC/C=C\CCCCCCCC(=O)NCCOP(=O)(O)OCC(O)COC(=O)CCCCCC. The van der Waals surface area contributed by atoms with Gasteiger partial charge in [-0.3, -0.25) is 18.6 Å². The van der Waals surface area contributed by atoms with Gasteiger partial charge in [-0.05, 0) is 38.5 Å². The fraction of sp³-hybridized carbons (Fsp3) is 0.867. The third kappa shape index (κ3) is 28.3. The van der Waals surface area contributed by atoms with Crippen LogP contribution in [-0.2, 0) is 27.9 Å². The molecule has 0 aromatic heterocycles. The third-order valence-electron chi connectivity index (χ3n) is 6.45.